The van der Waals surface area contributed by atoms with E-state index in [-0.39, 0.29) is 12.4 Å². The topological polar surface area (TPSA) is 46.5 Å². The zero-order valence-electron chi connectivity index (χ0n) is 5.63. The third kappa shape index (κ3) is 4.12. The molecule has 0 aromatic carbocycles. The highest BCUT2D eigenvalue weighted by Crippen LogP contribution is 2.03. The minimum absolute atomic E-state index is 0.197. The molecular weight excluding hydrogens is 120 g/mol. The third-order valence-corrected chi connectivity index (χ3v) is 0.624. The average molecular weight is 131 g/mol. The Bertz CT molecular complexity index is 96.5. The molecule has 1 N–H and O–H groups in total. The summed E-state index contributed by atoms with van der Waals surface area (Å²) in [4.78, 5) is 9.92. The highest BCUT2D eigenvalue weighted by atomic mass is 16.6. The van der Waals surface area contributed by atoms with Gasteiger partial charge in [-0.25, -0.2) is 0 Å². The van der Waals surface area contributed by atoms with Crippen molar-refractivity contribution in [2.24, 2.45) is 0 Å². The number of aldehydes is 1. The summed E-state index contributed by atoms with van der Waals surface area (Å²) in [5, 5.41) is 8.79. The number of carbonyl (C=O) groups excluding carboxylic acids is 1. The minimum atomic E-state index is -1.87. The molecule has 53 valence electrons. The summed E-state index contributed by atoms with van der Waals surface area (Å²) in [5.41, 5.74) is 0. The molecule has 0 bridgehead atoms. The van der Waals surface area contributed by atoms with E-state index in [0.29, 0.717) is 0 Å². The van der Waals surface area contributed by atoms with Crippen LogP contribution in [-0.4, -0.2) is 23.3 Å². The Morgan fingerprint density at radius 3 is 2.33 bits per heavy atom. The normalized spacial score (nSPS) is 17.4. The molecule has 0 aromatic heterocycles. The Morgan fingerprint density at radius 2 is 2.22 bits per heavy atom. The Morgan fingerprint density at radius 1 is 1.78 bits per heavy atom. The fraction of sp³-hybridized carbons (Fsp3) is 0.667. The third-order valence-electron chi connectivity index (χ3n) is 0.624. The Kier molecular flexibility index (Phi) is 2.81. The van der Waals surface area contributed by atoms with Crippen molar-refractivity contribution in [3.63, 3.8) is 0 Å². The monoisotopic (exact) mass is 131 g/mol. The van der Waals surface area contributed by atoms with Gasteiger partial charge in [0.15, 0.2) is 6.29 Å². The van der Waals surface area contributed by atoms with Crippen LogP contribution in [0.2, 0.25) is 0 Å². The summed E-state index contributed by atoms with van der Waals surface area (Å²) in [7, 11) is 0. The zero-order valence-corrected chi connectivity index (χ0v) is 5.63. The van der Waals surface area contributed by atoms with Crippen molar-refractivity contribution in [3.05, 3.63) is 6.92 Å². The van der Waals surface area contributed by atoms with Crippen LogP contribution in [0.1, 0.15) is 13.8 Å². The van der Waals surface area contributed by atoms with E-state index in [1.165, 1.54) is 0 Å². The van der Waals surface area contributed by atoms with Gasteiger partial charge in [0.1, 0.15) is 0 Å². The highest BCUT2D eigenvalue weighted by Gasteiger charge is 2.20. The molecule has 1 unspecified atom stereocenters. The van der Waals surface area contributed by atoms with Crippen molar-refractivity contribution in [1.82, 2.24) is 0 Å². The Balaban J connectivity index is 3.71. The van der Waals surface area contributed by atoms with Crippen LogP contribution in [-0.2, 0) is 9.53 Å². The summed E-state index contributed by atoms with van der Waals surface area (Å²) < 4.78 is 4.66. The quantitative estimate of drug-likeness (QED) is 0.437. The molecule has 0 amide bonds. The summed E-state index contributed by atoms with van der Waals surface area (Å²) in [6.45, 7) is 6.51. The molecule has 0 saturated carbocycles. The molecular formula is C6H11O3. The van der Waals surface area contributed by atoms with Gasteiger partial charge in [-0.2, -0.15) is 0 Å². The predicted octanol–water partition coefficient (Wildman–Crippen LogP) is 0.133. The lowest BCUT2D eigenvalue weighted by molar-refractivity contribution is -0.185. The number of aliphatic hydroxyl groups is 1. The number of carbonyl (C=O) groups is 1. The van der Waals surface area contributed by atoms with E-state index in [1.807, 2.05) is 0 Å². The molecule has 1 radical (unpaired) electrons. The molecule has 0 saturated heterocycles. The van der Waals surface area contributed by atoms with Crippen molar-refractivity contribution in [1.29, 1.82) is 0 Å². The van der Waals surface area contributed by atoms with Gasteiger partial charge < -0.3 is 9.84 Å². The molecule has 0 aliphatic heterocycles. The van der Waals surface area contributed by atoms with E-state index < -0.39 is 5.79 Å². The molecule has 1 atom stereocenters. The van der Waals surface area contributed by atoms with Crippen LogP contribution in [0.4, 0.5) is 0 Å². The molecule has 3 heteroatoms. The smallest absolute Gasteiger partial charge is 0.223 e. The SMILES string of the molecule is [CH2]C(O)(C=O)OC(C)C. The molecule has 0 aliphatic rings. The Hall–Kier alpha value is -0.410. The molecule has 9 heavy (non-hydrogen) atoms. The fourth-order valence-corrected chi connectivity index (χ4v) is 0.436. The second kappa shape index (κ2) is 2.94. The van der Waals surface area contributed by atoms with Gasteiger partial charge >= 0.3 is 0 Å². The van der Waals surface area contributed by atoms with Crippen molar-refractivity contribution in [2.45, 2.75) is 25.7 Å². The number of hydrogen-bond acceptors (Lipinski definition) is 3. The van der Waals surface area contributed by atoms with Gasteiger partial charge in [0.25, 0.3) is 0 Å². The van der Waals surface area contributed by atoms with E-state index in [9.17, 15) is 4.79 Å². The first-order valence-electron chi connectivity index (χ1n) is 2.70. The van der Waals surface area contributed by atoms with E-state index >= 15 is 0 Å². The van der Waals surface area contributed by atoms with Crippen LogP contribution in [0.5, 0.6) is 0 Å². The molecule has 0 aliphatic carbocycles. The average Bonchev–Trinajstić information content (AvgIpc) is 1.63. The zero-order chi connectivity index (χ0) is 7.49. The van der Waals surface area contributed by atoms with Gasteiger partial charge in [-0.05, 0) is 13.8 Å². The van der Waals surface area contributed by atoms with E-state index in [0.717, 1.165) is 0 Å². The van der Waals surface area contributed by atoms with E-state index in [4.69, 9.17) is 5.11 Å². The summed E-state index contributed by atoms with van der Waals surface area (Å²) in [5.74, 6) is -1.87. The summed E-state index contributed by atoms with van der Waals surface area (Å²) in [6.07, 6.45) is 0.0604. The van der Waals surface area contributed by atoms with Crippen LogP contribution >= 0.6 is 0 Å². The van der Waals surface area contributed by atoms with Gasteiger partial charge in [-0.3, -0.25) is 4.79 Å². The lowest BCUT2D eigenvalue weighted by Gasteiger charge is -2.18. The van der Waals surface area contributed by atoms with Crippen LogP contribution in [0.25, 0.3) is 0 Å². The second-order valence-corrected chi connectivity index (χ2v) is 2.13. The molecule has 3 nitrogen and oxygen atoms in total. The standard InChI is InChI=1S/C6H11O3/c1-5(2)9-6(3,8)4-7/h4-5,8H,3H2,1-2H3. The molecule has 0 fully saturated rings. The number of hydrogen-bond donors (Lipinski definition) is 1. The predicted molar refractivity (Wildman–Crippen MR) is 32.6 cm³/mol. The van der Waals surface area contributed by atoms with E-state index in [2.05, 4.69) is 11.7 Å². The minimum Gasteiger partial charge on any atom is -0.360 e. The first-order valence-corrected chi connectivity index (χ1v) is 2.70. The number of ether oxygens (including phenoxy) is 1. The largest absolute Gasteiger partial charge is 0.360 e. The maximum absolute atomic E-state index is 9.92. The summed E-state index contributed by atoms with van der Waals surface area (Å²) >= 11 is 0. The Labute approximate surface area is 54.6 Å². The maximum Gasteiger partial charge on any atom is 0.223 e. The van der Waals surface area contributed by atoms with E-state index in [1.54, 1.807) is 13.8 Å². The van der Waals surface area contributed by atoms with Gasteiger partial charge in [-0.1, -0.05) is 0 Å². The first-order chi connectivity index (χ1) is 3.98. The summed E-state index contributed by atoms with van der Waals surface area (Å²) in [6, 6.07) is 0. The van der Waals surface area contributed by atoms with Gasteiger partial charge in [0.2, 0.25) is 5.79 Å². The first kappa shape index (κ1) is 8.59. The van der Waals surface area contributed by atoms with Crippen LogP contribution in [0.3, 0.4) is 0 Å². The lowest BCUT2D eigenvalue weighted by atomic mass is 10.3. The second-order valence-electron chi connectivity index (χ2n) is 2.13. The molecule has 0 heterocycles. The van der Waals surface area contributed by atoms with Crippen molar-refractivity contribution in [2.75, 3.05) is 0 Å². The number of rotatable bonds is 3. The van der Waals surface area contributed by atoms with Crippen molar-refractivity contribution < 1.29 is 14.6 Å². The van der Waals surface area contributed by atoms with Crippen LogP contribution in [0.15, 0.2) is 0 Å². The highest BCUT2D eigenvalue weighted by molar-refractivity contribution is 5.60. The maximum atomic E-state index is 9.92. The molecule has 0 aromatic rings. The lowest BCUT2D eigenvalue weighted by Crippen LogP contribution is -2.33. The van der Waals surface area contributed by atoms with Crippen LogP contribution < -0.4 is 0 Å². The fourth-order valence-electron chi connectivity index (χ4n) is 0.436. The van der Waals surface area contributed by atoms with Crippen LogP contribution in [0, 0.1) is 6.92 Å². The van der Waals surface area contributed by atoms with Gasteiger partial charge in [0.05, 0.1) is 6.10 Å². The van der Waals surface area contributed by atoms with Crippen molar-refractivity contribution >= 4 is 6.29 Å². The molecule has 0 spiro atoms. The van der Waals surface area contributed by atoms with Gasteiger partial charge in [0, 0.05) is 6.92 Å². The van der Waals surface area contributed by atoms with Gasteiger partial charge in [-0.15, -0.1) is 0 Å². The van der Waals surface area contributed by atoms with Crippen molar-refractivity contribution in [3.8, 4) is 0 Å². The molecule has 0 rings (SSSR count).